The van der Waals surface area contributed by atoms with Crippen LogP contribution in [0.25, 0.3) is 0 Å². The van der Waals surface area contributed by atoms with Gasteiger partial charge in [0.25, 0.3) is 5.91 Å². The lowest BCUT2D eigenvalue weighted by Crippen LogP contribution is -2.46. The Labute approximate surface area is 233 Å². The van der Waals surface area contributed by atoms with Gasteiger partial charge < -0.3 is 36.1 Å². The molecule has 2 fully saturated rings. The van der Waals surface area contributed by atoms with Crippen LogP contribution in [0.3, 0.4) is 0 Å². The molecule has 214 valence electrons. The second-order valence-corrected chi connectivity index (χ2v) is 11.4. The third-order valence-corrected chi connectivity index (χ3v) is 9.37. The Bertz CT molecular complexity index is 1330. The summed E-state index contributed by atoms with van der Waals surface area (Å²) in [4.78, 5) is 36.8. The van der Waals surface area contributed by atoms with Crippen molar-refractivity contribution in [3.8, 4) is 17.2 Å². The molecule has 0 aliphatic heterocycles. The number of hydrogen-bond acceptors (Lipinski definition) is 7. The van der Waals surface area contributed by atoms with Crippen LogP contribution in [0.4, 0.5) is 10.5 Å². The van der Waals surface area contributed by atoms with E-state index in [1.54, 1.807) is 6.07 Å². The van der Waals surface area contributed by atoms with E-state index in [0.29, 0.717) is 23.5 Å². The molecular formula is C30H37N3O7. The fourth-order valence-electron chi connectivity index (χ4n) is 7.46. The van der Waals surface area contributed by atoms with Crippen molar-refractivity contribution in [2.75, 3.05) is 19.0 Å². The molecule has 0 saturated heterocycles. The van der Waals surface area contributed by atoms with Gasteiger partial charge in [0.05, 0.1) is 12.8 Å². The average molecular weight is 552 g/mol. The summed E-state index contributed by atoms with van der Waals surface area (Å²) in [6.45, 7) is 2.30. The lowest BCUT2D eigenvalue weighted by molar-refractivity contribution is -0.116. The fraction of sp³-hybridized carbons (Fsp3) is 0.500. The largest absolute Gasteiger partial charge is 0.508 e. The van der Waals surface area contributed by atoms with Crippen LogP contribution < -0.4 is 21.1 Å². The fourth-order valence-corrected chi connectivity index (χ4v) is 7.46. The highest BCUT2D eigenvalue weighted by atomic mass is 16.6. The third-order valence-electron chi connectivity index (χ3n) is 9.37. The van der Waals surface area contributed by atoms with Crippen LogP contribution >= 0.6 is 0 Å². The van der Waals surface area contributed by atoms with Crippen molar-refractivity contribution < 1.29 is 34.1 Å². The van der Waals surface area contributed by atoms with Crippen LogP contribution in [0.1, 0.15) is 72.9 Å². The standard InChI is InChI=1S/C30H37N3O7/c1-30-13-11-19-18-6-4-17(34)15-16(18)3-5-20(19)21(30)7-10-24(30)40-29(38)32-14-12-25(35)33-22-8-9-23(39-2)26(27(22)36)28(31)37/h4,6,8-9,15,19-21,24,34,36H,3,5,7,10-14H2,1-2H3,(H2,31,37)(H,32,38)(H,33,35)/t19?,20?,21?,24-,30-/m0/s1. The zero-order valence-corrected chi connectivity index (χ0v) is 22.9. The summed E-state index contributed by atoms with van der Waals surface area (Å²) in [5.41, 5.74) is 7.64. The summed E-state index contributed by atoms with van der Waals surface area (Å²) < 4.78 is 10.9. The maximum atomic E-state index is 12.7. The van der Waals surface area contributed by atoms with Gasteiger partial charge in [-0.25, -0.2) is 4.79 Å². The number of benzene rings is 2. The van der Waals surface area contributed by atoms with E-state index in [2.05, 4.69) is 23.6 Å². The SMILES string of the molecule is COc1ccc(NC(=O)CCNC(=O)O[C@H]2CCC3C4CCc5cc(O)ccc5C4CC[C@@]32C)c(O)c1C(N)=O. The van der Waals surface area contributed by atoms with Gasteiger partial charge in [0.1, 0.15) is 23.2 Å². The Morgan fingerprint density at radius 1 is 1.10 bits per heavy atom. The molecule has 10 heteroatoms. The summed E-state index contributed by atoms with van der Waals surface area (Å²) in [6.07, 6.45) is 5.10. The maximum absolute atomic E-state index is 12.7. The minimum Gasteiger partial charge on any atom is -0.508 e. The van der Waals surface area contributed by atoms with E-state index in [0.717, 1.165) is 38.5 Å². The number of carbonyl (C=O) groups excluding carboxylic acids is 3. The summed E-state index contributed by atoms with van der Waals surface area (Å²) in [5.74, 6) is 0.0840. The van der Waals surface area contributed by atoms with Gasteiger partial charge in [-0.05, 0) is 91.7 Å². The zero-order valence-electron chi connectivity index (χ0n) is 22.9. The minimum absolute atomic E-state index is 0.0184. The number of primary amides is 1. The van der Waals surface area contributed by atoms with Crippen LogP contribution in [0.15, 0.2) is 30.3 Å². The van der Waals surface area contributed by atoms with E-state index in [1.807, 2.05) is 6.07 Å². The monoisotopic (exact) mass is 551 g/mol. The van der Waals surface area contributed by atoms with E-state index in [4.69, 9.17) is 15.2 Å². The minimum atomic E-state index is -0.889. The van der Waals surface area contributed by atoms with Crippen LogP contribution in [0, 0.1) is 17.3 Å². The van der Waals surface area contributed by atoms with Gasteiger partial charge in [-0.15, -0.1) is 0 Å². The molecule has 2 saturated carbocycles. The van der Waals surface area contributed by atoms with Crippen molar-refractivity contribution in [1.29, 1.82) is 0 Å². The van der Waals surface area contributed by atoms with Gasteiger partial charge in [-0.1, -0.05) is 13.0 Å². The average Bonchev–Trinajstić information content (AvgIpc) is 3.24. The molecule has 0 aromatic heterocycles. The molecule has 2 aromatic carbocycles. The van der Waals surface area contributed by atoms with E-state index < -0.39 is 23.7 Å². The summed E-state index contributed by atoms with van der Waals surface area (Å²) in [7, 11) is 1.34. The molecule has 40 heavy (non-hydrogen) atoms. The van der Waals surface area contributed by atoms with Gasteiger partial charge >= 0.3 is 6.09 Å². The number of anilines is 1. The number of ether oxygens (including phenoxy) is 2. The molecule has 3 unspecified atom stereocenters. The Morgan fingerprint density at radius 3 is 2.65 bits per heavy atom. The first-order valence-corrected chi connectivity index (χ1v) is 13.9. The molecule has 3 aliphatic carbocycles. The smallest absolute Gasteiger partial charge is 0.407 e. The highest BCUT2D eigenvalue weighted by Crippen LogP contribution is 2.61. The third kappa shape index (κ3) is 5.02. The number of aromatic hydroxyl groups is 2. The van der Waals surface area contributed by atoms with Crippen LogP contribution in [-0.2, 0) is 16.0 Å². The number of fused-ring (bicyclic) bond motifs is 5. The van der Waals surface area contributed by atoms with Crippen LogP contribution in [-0.4, -0.2) is 47.9 Å². The number of phenolic OH excluding ortho intramolecular Hbond substituents is 1. The number of methoxy groups -OCH3 is 1. The van der Waals surface area contributed by atoms with Crippen molar-refractivity contribution in [2.24, 2.45) is 23.0 Å². The van der Waals surface area contributed by atoms with Gasteiger partial charge in [0.2, 0.25) is 5.91 Å². The predicted octanol–water partition coefficient (Wildman–Crippen LogP) is 4.19. The molecule has 2 aromatic rings. The van der Waals surface area contributed by atoms with Crippen LogP contribution in [0.5, 0.6) is 17.2 Å². The Morgan fingerprint density at radius 2 is 1.90 bits per heavy atom. The van der Waals surface area contributed by atoms with Crippen molar-refractivity contribution in [3.05, 3.63) is 47.0 Å². The highest BCUT2D eigenvalue weighted by Gasteiger charge is 2.56. The number of aryl methyl sites for hydroxylation is 1. The first-order valence-electron chi connectivity index (χ1n) is 13.9. The van der Waals surface area contributed by atoms with E-state index in [1.165, 1.54) is 30.4 Å². The second kappa shape index (κ2) is 10.9. The number of nitrogens with two attached hydrogens (primary N) is 1. The Balaban J connectivity index is 1.13. The molecule has 0 bridgehead atoms. The number of alkyl carbamates (subject to hydrolysis) is 1. The van der Waals surface area contributed by atoms with Gasteiger partial charge in [0.15, 0.2) is 5.75 Å². The highest BCUT2D eigenvalue weighted by molar-refractivity contribution is 6.02. The number of nitrogens with one attached hydrogen (secondary N) is 2. The lowest BCUT2D eigenvalue weighted by Gasteiger charge is -2.50. The quantitative estimate of drug-likeness (QED) is 0.323. The predicted molar refractivity (Wildman–Crippen MR) is 147 cm³/mol. The molecule has 0 heterocycles. The molecule has 3 aliphatic rings. The van der Waals surface area contributed by atoms with Gasteiger partial charge in [-0.3, -0.25) is 9.59 Å². The number of hydrogen-bond donors (Lipinski definition) is 5. The first-order chi connectivity index (χ1) is 19.1. The van der Waals surface area contributed by atoms with Crippen molar-refractivity contribution in [2.45, 2.75) is 63.9 Å². The summed E-state index contributed by atoms with van der Waals surface area (Å²) >= 11 is 0. The zero-order chi connectivity index (χ0) is 28.6. The molecule has 10 nitrogen and oxygen atoms in total. The van der Waals surface area contributed by atoms with Gasteiger partial charge in [-0.2, -0.15) is 0 Å². The lowest BCUT2D eigenvalue weighted by atomic mass is 9.55. The molecule has 0 spiro atoms. The van der Waals surface area contributed by atoms with E-state index in [9.17, 15) is 24.6 Å². The van der Waals surface area contributed by atoms with Crippen molar-refractivity contribution >= 4 is 23.6 Å². The van der Waals surface area contributed by atoms with E-state index >= 15 is 0 Å². The molecule has 6 N–H and O–H groups in total. The topological polar surface area (TPSA) is 160 Å². The first kappa shape index (κ1) is 27.6. The Hall–Kier alpha value is -3.95. The maximum Gasteiger partial charge on any atom is 0.407 e. The Kier molecular flexibility index (Phi) is 7.53. The molecule has 3 amide bonds. The molecule has 0 radical (unpaired) electrons. The second-order valence-electron chi connectivity index (χ2n) is 11.4. The number of carbonyl (C=O) groups is 3. The van der Waals surface area contributed by atoms with Crippen molar-refractivity contribution in [3.63, 3.8) is 0 Å². The van der Waals surface area contributed by atoms with Gasteiger partial charge in [0, 0.05) is 18.4 Å². The van der Waals surface area contributed by atoms with Crippen LogP contribution in [0.2, 0.25) is 0 Å². The molecule has 5 rings (SSSR count). The summed E-state index contributed by atoms with van der Waals surface area (Å²) in [6, 6.07) is 8.61. The van der Waals surface area contributed by atoms with E-state index in [-0.39, 0.29) is 41.5 Å². The van der Waals surface area contributed by atoms with Crippen molar-refractivity contribution in [1.82, 2.24) is 5.32 Å². The number of phenols is 2. The number of amides is 3. The molecule has 5 atom stereocenters. The normalized spacial score (nSPS) is 26.6. The number of rotatable bonds is 7. The summed E-state index contributed by atoms with van der Waals surface area (Å²) in [5, 5.41) is 25.5. The molecular weight excluding hydrogens is 514 g/mol.